The van der Waals surface area contributed by atoms with Crippen LogP contribution in [0.2, 0.25) is 0 Å². The fraction of sp³-hybridized carbons (Fsp3) is 0.125. The van der Waals surface area contributed by atoms with Crippen LogP contribution in [0.15, 0.2) is 61.2 Å². The molecule has 0 heterocycles. The van der Waals surface area contributed by atoms with E-state index in [1.807, 2.05) is 42.5 Å². The van der Waals surface area contributed by atoms with Crippen molar-refractivity contribution >= 4 is 25.0 Å². The van der Waals surface area contributed by atoms with Crippen LogP contribution in [0.5, 0.6) is 0 Å². The third-order valence-electron chi connectivity index (χ3n) is 3.26. The summed E-state index contributed by atoms with van der Waals surface area (Å²) in [5.41, 5.74) is 1.06. The van der Waals surface area contributed by atoms with Gasteiger partial charge in [-0.2, -0.15) is 0 Å². The van der Waals surface area contributed by atoms with E-state index < -0.39 is 8.56 Å². The highest BCUT2D eigenvalue weighted by molar-refractivity contribution is 6.93. The maximum absolute atomic E-state index is 5.87. The molecule has 98 valence electrons. The van der Waals surface area contributed by atoms with Crippen LogP contribution in [0.25, 0.3) is 6.08 Å². The minimum atomic E-state index is -2.63. The molecule has 0 aliphatic heterocycles. The summed E-state index contributed by atoms with van der Waals surface area (Å²) in [4.78, 5) is 0. The lowest BCUT2D eigenvalue weighted by Crippen LogP contribution is -2.63. The molecule has 0 spiro atoms. The van der Waals surface area contributed by atoms with Crippen LogP contribution >= 0.6 is 0 Å². The smallest absolute Gasteiger partial charge is 0.391 e. The monoisotopic (exact) mass is 270 g/mol. The van der Waals surface area contributed by atoms with Crippen molar-refractivity contribution in [1.29, 1.82) is 0 Å². The molecule has 0 radical (unpaired) electrons. The van der Waals surface area contributed by atoms with E-state index in [1.165, 1.54) is 0 Å². The van der Waals surface area contributed by atoms with Crippen molar-refractivity contribution in [3.8, 4) is 0 Å². The van der Waals surface area contributed by atoms with E-state index in [1.54, 1.807) is 14.2 Å². The van der Waals surface area contributed by atoms with Crippen LogP contribution in [0.1, 0.15) is 5.56 Å². The molecular formula is C16H18O2Si. The quantitative estimate of drug-likeness (QED) is 0.775. The van der Waals surface area contributed by atoms with Crippen LogP contribution in [0.4, 0.5) is 0 Å². The van der Waals surface area contributed by atoms with Gasteiger partial charge in [-0.15, -0.1) is 0 Å². The number of hydrogen-bond acceptors (Lipinski definition) is 2. The largest absolute Gasteiger partial charge is 0.407 e. The zero-order chi connectivity index (χ0) is 13.7. The van der Waals surface area contributed by atoms with Crippen molar-refractivity contribution < 1.29 is 8.85 Å². The first-order valence-electron chi connectivity index (χ1n) is 6.16. The minimum Gasteiger partial charge on any atom is -0.391 e. The summed E-state index contributed by atoms with van der Waals surface area (Å²) in [5.74, 6) is 0. The molecule has 0 atom stereocenters. The van der Waals surface area contributed by atoms with Gasteiger partial charge in [-0.05, 0) is 10.8 Å². The summed E-state index contributed by atoms with van der Waals surface area (Å²) in [6.07, 6.45) is 1.85. The van der Waals surface area contributed by atoms with Gasteiger partial charge in [0.1, 0.15) is 0 Å². The third kappa shape index (κ3) is 2.40. The van der Waals surface area contributed by atoms with Crippen LogP contribution in [-0.2, 0) is 8.85 Å². The van der Waals surface area contributed by atoms with Crippen molar-refractivity contribution in [3.63, 3.8) is 0 Å². The molecule has 19 heavy (non-hydrogen) atoms. The second-order valence-electron chi connectivity index (χ2n) is 4.18. The molecule has 0 saturated carbocycles. The molecule has 0 aliphatic rings. The number of benzene rings is 2. The fourth-order valence-corrected chi connectivity index (χ4v) is 5.23. The normalized spacial score (nSPS) is 11.3. The molecule has 3 heteroatoms. The predicted octanol–water partition coefficient (Wildman–Crippen LogP) is 2.18. The molecule has 2 aromatic carbocycles. The Balaban J connectivity index is 2.66. The SMILES string of the molecule is C=Cc1ccccc1[Si](OC)(OC)c1ccccc1. The van der Waals surface area contributed by atoms with Gasteiger partial charge in [0.2, 0.25) is 0 Å². The Bertz CT molecular complexity index is 548. The van der Waals surface area contributed by atoms with Crippen molar-refractivity contribution in [2.24, 2.45) is 0 Å². The van der Waals surface area contributed by atoms with E-state index in [9.17, 15) is 0 Å². The van der Waals surface area contributed by atoms with Gasteiger partial charge in [0.05, 0.1) is 0 Å². The van der Waals surface area contributed by atoms with Crippen LogP contribution in [0.3, 0.4) is 0 Å². The van der Waals surface area contributed by atoms with Crippen LogP contribution in [0, 0.1) is 0 Å². The van der Waals surface area contributed by atoms with Gasteiger partial charge in [0, 0.05) is 19.4 Å². The summed E-state index contributed by atoms with van der Waals surface area (Å²) in [6, 6.07) is 18.2. The van der Waals surface area contributed by atoms with Crippen molar-refractivity contribution in [1.82, 2.24) is 0 Å². The lowest BCUT2D eigenvalue weighted by Gasteiger charge is -2.29. The molecule has 0 fully saturated rings. The van der Waals surface area contributed by atoms with Gasteiger partial charge >= 0.3 is 8.56 Å². The number of hydrogen-bond donors (Lipinski definition) is 0. The average Bonchev–Trinajstić information content (AvgIpc) is 2.51. The summed E-state index contributed by atoms with van der Waals surface area (Å²) in [6.45, 7) is 3.88. The summed E-state index contributed by atoms with van der Waals surface area (Å²) >= 11 is 0. The highest BCUT2D eigenvalue weighted by Crippen LogP contribution is 2.11. The van der Waals surface area contributed by atoms with E-state index in [4.69, 9.17) is 8.85 Å². The Morgan fingerprint density at radius 3 is 2.05 bits per heavy atom. The first-order valence-corrected chi connectivity index (χ1v) is 7.98. The molecule has 0 amide bonds. The lowest BCUT2D eigenvalue weighted by atomic mass is 10.2. The predicted molar refractivity (Wildman–Crippen MR) is 82.0 cm³/mol. The van der Waals surface area contributed by atoms with E-state index in [0.717, 1.165) is 15.9 Å². The number of rotatable bonds is 5. The van der Waals surface area contributed by atoms with Crippen LogP contribution < -0.4 is 10.4 Å². The van der Waals surface area contributed by atoms with E-state index in [0.29, 0.717) is 0 Å². The van der Waals surface area contributed by atoms with Gasteiger partial charge in [-0.3, -0.25) is 0 Å². The van der Waals surface area contributed by atoms with E-state index in [-0.39, 0.29) is 0 Å². The molecule has 0 saturated heterocycles. The van der Waals surface area contributed by atoms with E-state index in [2.05, 4.69) is 24.8 Å². The highest BCUT2D eigenvalue weighted by Gasteiger charge is 2.41. The Morgan fingerprint density at radius 1 is 0.895 bits per heavy atom. The standard InChI is InChI=1S/C16H18O2Si/c1-4-14-10-8-9-13-16(14)19(17-2,18-3)15-11-6-5-7-12-15/h4-13H,1H2,2-3H3. The second kappa shape index (κ2) is 5.97. The van der Waals surface area contributed by atoms with E-state index >= 15 is 0 Å². The molecule has 0 N–H and O–H groups in total. The Kier molecular flexibility index (Phi) is 4.32. The molecule has 0 aliphatic carbocycles. The van der Waals surface area contributed by atoms with Gasteiger partial charge in [0.15, 0.2) is 0 Å². The molecule has 2 nitrogen and oxygen atoms in total. The first-order chi connectivity index (χ1) is 9.28. The third-order valence-corrected chi connectivity index (χ3v) is 6.67. The second-order valence-corrected chi connectivity index (χ2v) is 7.35. The molecule has 0 bridgehead atoms. The van der Waals surface area contributed by atoms with Crippen LogP contribution in [-0.4, -0.2) is 22.8 Å². The Hall–Kier alpha value is -1.68. The summed E-state index contributed by atoms with van der Waals surface area (Å²) in [5, 5.41) is 2.18. The summed E-state index contributed by atoms with van der Waals surface area (Å²) in [7, 11) is 0.789. The zero-order valence-corrected chi connectivity index (χ0v) is 12.3. The topological polar surface area (TPSA) is 18.5 Å². The highest BCUT2D eigenvalue weighted by atomic mass is 28.4. The average molecular weight is 270 g/mol. The molecule has 2 aromatic rings. The maximum atomic E-state index is 5.87. The van der Waals surface area contributed by atoms with Crippen molar-refractivity contribution in [2.75, 3.05) is 14.2 Å². The molecule has 0 aromatic heterocycles. The molecular weight excluding hydrogens is 252 g/mol. The van der Waals surface area contributed by atoms with Gasteiger partial charge in [0.25, 0.3) is 0 Å². The summed E-state index contributed by atoms with van der Waals surface area (Å²) < 4.78 is 11.7. The zero-order valence-electron chi connectivity index (χ0n) is 11.3. The van der Waals surface area contributed by atoms with Gasteiger partial charge < -0.3 is 8.85 Å². The fourth-order valence-electron chi connectivity index (χ4n) is 2.33. The van der Waals surface area contributed by atoms with Crippen molar-refractivity contribution in [2.45, 2.75) is 0 Å². The van der Waals surface area contributed by atoms with Gasteiger partial charge in [-0.25, -0.2) is 0 Å². The van der Waals surface area contributed by atoms with Crippen molar-refractivity contribution in [3.05, 3.63) is 66.7 Å². The Labute approximate surface area is 115 Å². The lowest BCUT2D eigenvalue weighted by molar-refractivity contribution is 0.272. The first kappa shape index (κ1) is 13.7. The molecule has 2 rings (SSSR count). The molecule has 0 unspecified atom stereocenters. The van der Waals surface area contributed by atoms with Gasteiger partial charge in [-0.1, -0.05) is 67.3 Å². The Morgan fingerprint density at radius 2 is 1.47 bits per heavy atom. The maximum Gasteiger partial charge on any atom is 0.407 e. The minimum absolute atomic E-state index is 1.06.